The molecule has 1 amide bonds. The molecule has 0 saturated carbocycles. The number of nitrogens with one attached hydrogen (secondary N) is 1. The third kappa shape index (κ3) is 5.83. The van der Waals surface area contributed by atoms with E-state index in [0.717, 1.165) is 16.9 Å². The first kappa shape index (κ1) is 26.3. The fraction of sp³-hybridized carbons (Fsp3) is 0.321. The summed E-state index contributed by atoms with van der Waals surface area (Å²) in [6.45, 7) is 6.42. The van der Waals surface area contributed by atoms with Gasteiger partial charge in [0.2, 0.25) is 0 Å². The molecule has 0 bridgehead atoms. The van der Waals surface area contributed by atoms with E-state index in [2.05, 4.69) is 19.2 Å². The normalized spacial score (nSPS) is 15.1. The number of amides is 1. The van der Waals surface area contributed by atoms with Crippen LogP contribution in [-0.4, -0.2) is 47.2 Å². The highest BCUT2D eigenvalue weighted by molar-refractivity contribution is 7.92. The molecule has 0 fully saturated rings. The number of hydrogen-bond acceptors (Lipinski definition) is 6. The Labute approximate surface area is 218 Å². The van der Waals surface area contributed by atoms with Gasteiger partial charge in [-0.1, -0.05) is 38.1 Å². The third-order valence-corrected chi connectivity index (χ3v) is 7.92. The van der Waals surface area contributed by atoms with Crippen LogP contribution in [0.5, 0.6) is 17.2 Å². The molecule has 0 saturated heterocycles. The molecule has 3 aromatic rings. The van der Waals surface area contributed by atoms with Gasteiger partial charge >= 0.3 is 0 Å². The monoisotopic (exact) mass is 524 g/mol. The molecule has 0 aromatic heterocycles. The fourth-order valence-corrected chi connectivity index (χ4v) is 5.61. The van der Waals surface area contributed by atoms with Gasteiger partial charge in [0, 0.05) is 0 Å². The Kier molecular flexibility index (Phi) is 7.92. The first-order valence-corrected chi connectivity index (χ1v) is 13.6. The van der Waals surface area contributed by atoms with Gasteiger partial charge in [0.1, 0.15) is 23.9 Å². The number of benzene rings is 3. The van der Waals surface area contributed by atoms with E-state index in [1.54, 1.807) is 24.3 Å². The maximum absolute atomic E-state index is 13.6. The second kappa shape index (κ2) is 11.1. The molecule has 0 radical (unpaired) electrons. The molecule has 4 rings (SSSR count). The molecule has 1 unspecified atom stereocenters. The predicted octanol–water partition coefficient (Wildman–Crippen LogP) is 4.28. The zero-order valence-electron chi connectivity index (χ0n) is 21.4. The van der Waals surface area contributed by atoms with Crippen LogP contribution >= 0.6 is 0 Å². The Morgan fingerprint density at radius 3 is 2.54 bits per heavy atom. The fourth-order valence-electron chi connectivity index (χ4n) is 4.14. The lowest BCUT2D eigenvalue weighted by molar-refractivity contribution is -0.127. The van der Waals surface area contributed by atoms with Gasteiger partial charge in [0.25, 0.3) is 15.9 Å². The molecule has 3 aromatic carbocycles. The number of ether oxygens (including phenoxy) is 3. The summed E-state index contributed by atoms with van der Waals surface area (Å²) in [5.74, 6) is 1.56. The van der Waals surface area contributed by atoms with Crippen LogP contribution in [0.1, 0.15) is 30.9 Å². The number of aryl methyl sites for hydroxylation is 1. The molecule has 9 heteroatoms. The summed E-state index contributed by atoms with van der Waals surface area (Å²) in [5.41, 5.74) is 2.37. The van der Waals surface area contributed by atoms with Crippen LogP contribution in [0.4, 0.5) is 5.69 Å². The van der Waals surface area contributed by atoms with E-state index in [9.17, 15) is 13.2 Å². The second-order valence-electron chi connectivity index (χ2n) is 9.12. The first-order valence-electron chi connectivity index (χ1n) is 12.1. The highest BCUT2D eigenvalue weighted by Crippen LogP contribution is 2.38. The average molecular weight is 525 g/mol. The minimum Gasteiger partial charge on any atom is -0.497 e. The Morgan fingerprint density at radius 1 is 1.11 bits per heavy atom. The van der Waals surface area contributed by atoms with Crippen molar-refractivity contribution in [2.45, 2.75) is 37.7 Å². The molecule has 37 heavy (non-hydrogen) atoms. The van der Waals surface area contributed by atoms with Crippen molar-refractivity contribution in [3.63, 3.8) is 0 Å². The molecular formula is C28H32N2O6S. The van der Waals surface area contributed by atoms with Crippen molar-refractivity contribution in [3.05, 3.63) is 77.9 Å². The van der Waals surface area contributed by atoms with Crippen LogP contribution < -0.4 is 23.8 Å². The zero-order chi connectivity index (χ0) is 26.6. The number of carbonyl (C=O) groups is 1. The zero-order valence-corrected chi connectivity index (χ0v) is 22.2. The van der Waals surface area contributed by atoms with E-state index in [0.29, 0.717) is 23.1 Å². The number of nitrogens with zero attached hydrogens (tertiary/aromatic N) is 1. The van der Waals surface area contributed by atoms with Crippen molar-refractivity contribution in [2.75, 3.05) is 31.1 Å². The Hall–Kier alpha value is -3.72. The number of sulfonamides is 1. The molecule has 1 aliphatic rings. The van der Waals surface area contributed by atoms with Crippen molar-refractivity contribution in [1.29, 1.82) is 0 Å². The van der Waals surface area contributed by atoms with Crippen LogP contribution in [0.2, 0.25) is 0 Å². The van der Waals surface area contributed by atoms with Crippen molar-refractivity contribution in [2.24, 2.45) is 0 Å². The quantitative estimate of drug-likeness (QED) is 0.420. The number of rotatable bonds is 9. The second-order valence-corrected chi connectivity index (χ2v) is 11.0. The minimum atomic E-state index is -3.96. The molecule has 1 aliphatic heterocycles. The van der Waals surface area contributed by atoms with Crippen LogP contribution in [0, 0.1) is 6.92 Å². The molecular weight excluding hydrogens is 492 g/mol. The molecule has 1 N–H and O–H groups in total. The highest BCUT2D eigenvalue weighted by atomic mass is 32.2. The summed E-state index contributed by atoms with van der Waals surface area (Å²) in [6.07, 6.45) is -1.02. The summed E-state index contributed by atoms with van der Waals surface area (Å²) in [6, 6.07) is 19.2. The van der Waals surface area contributed by atoms with E-state index in [1.165, 1.54) is 23.5 Å². The van der Waals surface area contributed by atoms with Crippen LogP contribution in [0.25, 0.3) is 0 Å². The summed E-state index contributed by atoms with van der Waals surface area (Å²) in [5, 5.41) is 2.82. The molecule has 8 nitrogen and oxygen atoms in total. The van der Waals surface area contributed by atoms with E-state index in [4.69, 9.17) is 14.2 Å². The van der Waals surface area contributed by atoms with Gasteiger partial charge < -0.3 is 19.5 Å². The van der Waals surface area contributed by atoms with Crippen LogP contribution in [0.15, 0.2) is 71.6 Å². The van der Waals surface area contributed by atoms with Gasteiger partial charge in [-0.3, -0.25) is 9.10 Å². The SMILES string of the molecule is COc1ccc(S(=O)(=O)N2CC(C(=O)NCCOc3ccccc3C(C)C)Oc3cc(C)ccc32)cc1. The maximum Gasteiger partial charge on any atom is 0.264 e. The van der Waals surface area contributed by atoms with Gasteiger partial charge in [-0.2, -0.15) is 0 Å². The highest BCUT2D eigenvalue weighted by Gasteiger charge is 2.37. The van der Waals surface area contributed by atoms with E-state index >= 15 is 0 Å². The van der Waals surface area contributed by atoms with Gasteiger partial charge in [0.05, 0.1) is 30.8 Å². The third-order valence-electron chi connectivity index (χ3n) is 6.12. The number of carbonyl (C=O) groups excluding carboxylic acids is 1. The van der Waals surface area contributed by atoms with Gasteiger partial charge in [-0.25, -0.2) is 8.42 Å². The lowest BCUT2D eigenvalue weighted by Gasteiger charge is -2.35. The summed E-state index contributed by atoms with van der Waals surface area (Å²) in [7, 11) is -2.45. The smallest absolute Gasteiger partial charge is 0.264 e. The van der Waals surface area contributed by atoms with Crippen molar-refractivity contribution >= 4 is 21.6 Å². The summed E-state index contributed by atoms with van der Waals surface area (Å²) >= 11 is 0. The number of para-hydroxylation sites is 1. The standard InChI is InChI=1S/C28H32N2O6S/c1-19(2)23-7-5-6-8-25(23)35-16-15-29-28(31)27-18-30(24-14-9-20(3)17-26(24)36-27)37(32,33)22-12-10-21(34-4)11-13-22/h5-14,17,19,27H,15-16,18H2,1-4H3,(H,29,31). The average Bonchev–Trinajstić information content (AvgIpc) is 2.90. The number of anilines is 1. The Balaban J connectivity index is 1.48. The van der Waals surface area contributed by atoms with Crippen molar-refractivity contribution < 1.29 is 27.4 Å². The van der Waals surface area contributed by atoms with E-state index < -0.39 is 22.0 Å². The topological polar surface area (TPSA) is 94.2 Å². The largest absolute Gasteiger partial charge is 0.497 e. The molecule has 196 valence electrons. The molecule has 1 heterocycles. The maximum atomic E-state index is 13.6. The predicted molar refractivity (Wildman–Crippen MR) is 142 cm³/mol. The van der Waals surface area contributed by atoms with Crippen molar-refractivity contribution in [1.82, 2.24) is 5.32 Å². The number of fused-ring (bicyclic) bond motifs is 1. The molecule has 0 aliphatic carbocycles. The number of methoxy groups -OCH3 is 1. The lowest BCUT2D eigenvalue weighted by atomic mass is 10.0. The molecule has 0 spiro atoms. The number of hydrogen-bond donors (Lipinski definition) is 1. The Bertz CT molecular complexity index is 1360. The van der Waals surface area contributed by atoms with Gasteiger partial charge in [-0.15, -0.1) is 0 Å². The Morgan fingerprint density at radius 2 is 1.84 bits per heavy atom. The molecule has 1 atom stereocenters. The van der Waals surface area contributed by atoms with E-state index in [1.807, 2.05) is 37.3 Å². The summed E-state index contributed by atoms with van der Waals surface area (Å²) in [4.78, 5) is 13.1. The van der Waals surface area contributed by atoms with Crippen LogP contribution in [-0.2, 0) is 14.8 Å². The van der Waals surface area contributed by atoms with Gasteiger partial charge in [-0.05, 0) is 66.4 Å². The minimum absolute atomic E-state index is 0.0955. The van der Waals surface area contributed by atoms with E-state index in [-0.39, 0.29) is 24.6 Å². The summed E-state index contributed by atoms with van der Waals surface area (Å²) < 4.78 is 45.4. The van der Waals surface area contributed by atoms with Crippen molar-refractivity contribution in [3.8, 4) is 17.2 Å². The lowest BCUT2D eigenvalue weighted by Crippen LogP contribution is -2.51. The van der Waals surface area contributed by atoms with Crippen LogP contribution in [0.3, 0.4) is 0 Å². The van der Waals surface area contributed by atoms with Gasteiger partial charge in [0.15, 0.2) is 6.10 Å². The first-order chi connectivity index (χ1) is 17.7.